The lowest BCUT2D eigenvalue weighted by Crippen LogP contribution is -2.55. The van der Waals surface area contributed by atoms with Crippen LogP contribution in [0.3, 0.4) is 0 Å². The topological polar surface area (TPSA) is 146 Å². The van der Waals surface area contributed by atoms with Crippen molar-refractivity contribution in [2.45, 2.75) is 30.8 Å². The highest BCUT2D eigenvalue weighted by atomic mass is 32.2. The van der Waals surface area contributed by atoms with Crippen LogP contribution in [0.15, 0.2) is 12.4 Å². The third kappa shape index (κ3) is 4.20. The highest BCUT2D eigenvalue weighted by molar-refractivity contribution is 7.88. The minimum atomic E-state index is -5.91. The van der Waals surface area contributed by atoms with E-state index >= 15 is 0 Å². The van der Waals surface area contributed by atoms with Gasteiger partial charge in [0.25, 0.3) is 0 Å². The Balaban J connectivity index is 1.81. The van der Waals surface area contributed by atoms with E-state index < -0.39 is 33.5 Å². The van der Waals surface area contributed by atoms with Gasteiger partial charge in [-0.25, -0.2) is 14.8 Å². The standard InChI is InChI=1S/C19H18F3N5O6S/c20-19(21,22)34(30,31)33-14-8-13-15(16-12(14)2-1-7-32-16)17(25-10-24-13)26-5-6-27(18(28)29)11(9-26)3-4-23/h8,10-11H,1-3,5-7,9H2,(H,28,29)/t11-/m0/s1. The molecule has 1 fully saturated rings. The number of hydrogen-bond acceptors (Lipinski definition) is 9. The summed E-state index contributed by atoms with van der Waals surface area (Å²) in [7, 11) is -5.91. The van der Waals surface area contributed by atoms with E-state index in [4.69, 9.17) is 10.00 Å². The van der Waals surface area contributed by atoms with Crippen molar-refractivity contribution in [3.8, 4) is 17.6 Å². The molecule has 15 heteroatoms. The van der Waals surface area contributed by atoms with Gasteiger partial charge in [0.05, 0.1) is 36.0 Å². The van der Waals surface area contributed by atoms with Crippen molar-refractivity contribution in [3.63, 3.8) is 0 Å². The van der Waals surface area contributed by atoms with Crippen LogP contribution in [0, 0.1) is 11.3 Å². The number of aromatic nitrogens is 2. The van der Waals surface area contributed by atoms with Crippen LogP contribution in [-0.4, -0.2) is 72.3 Å². The van der Waals surface area contributed by atoms with E-state index in [1.54, 1.807) is 4.90 Å². The molecule has 2 aliphatic rings. The summed E-state index contributed by atoms with van der Waals surface area (Å²) in [5, 5.41) is 18.9. The number of carbonyl (C=O) groups is 1. The summed E-state index contributed by atoms with van der Waals surface area (Å²) < 4.78 is 72.2. The van der Waals surface area contributed by atoms with E-state index in [2.05, 4.69) is 14.2 Å². The smallest absolute Gasteiger partial charge is 0.492 e. The number of piperazine rings is 1. The first kappa shape index (κ1) is 23.6. The van der Waals surface area contributed by atoms with Crippen LogP contribution in [0.5, 0.6) is 11.5 Å². The van der Waals surface area contributed by atoms with E-state index in [0.29, 0.717) is 17.6 Å². The molecule has 0 unspecified atom stereocenters. The normalized spacial score (nSPS) is 18.7. The summed E-state index contributed by atoms with van der Waals surface area (Å²) in [4.78, 5) is 22.8. The molecule has 0 saturated carbocycles. The van der Waals surface area contributed by atoms with Crippen LogP contribution >= 0.6 is 0 Å². The SMILES string of the molecule is N#CC[C@H]1CN(c2ncnc3cc(OS(=O)(=O)C(F)(F)F)c4c(c23)OCCC4)CCN1C(=O)O. The summed E-state index contributed by atoms with van der Waals surface area (Å²) in [6, 6.07) is 2.44. The van der Waals surface area contributed by atoms with Gasteiger partial charge < -0.3 is 23.8 Å². The number of nitriles is 1. The maximum atomic E-state index is 12.9. The molecular weight excluding hydrogens is 483 g/mol. The Labute approximate surface area is 191 Å². The molecular formula is C19H18F3N5O6S. The number of benzene rings is 1. The second-order valence-corrected chi connectivity index (χ2v) is 9.18. The van der Waals surface area contributed by atoms with Crippen molar-refractivity contribution in [2.75, 3.05) is 31.1 Å². The number of halogens is 3. The predicted molar refractivity (Wildman–Crippen MR) is 110 cm³/mol. The van der Waals surface area contributed by atoms with Gasteiger partial charge in [0.2, 0.25) is 0 Å². The third-order valence-electron chi connectivity index (χ3n) is 5.58. The molecule has 1 aromatic carbocycles. The van der Waals surface area contributed by atoms with E-state index in [1.807, 2.05) is 6.07 Å². The Morgan fingerprint density at radius 2 is 2.12 bits per heavy atom. The lowest BCUT2D eigenvalue weighted by molar-refractivity contribution is -0.0500. The number of alkyl halides is 3. The summed E-state index contributed by atoms with van der Waals surface area (Å²) in [6.07, 6.45) is 0.573. The van der Waals surface area contributed by atoms with Crippen LogP contribution in [-0.2, 0) is 16.5 Å². The Morgan fingerprint density at radius 3 is 2.79 bits per heavy atom. The van der Waals surface area contributed by atoms with E-state index in [-0.39, 0.29) is 55.9 Å². The summed E-state index contributed by atoms with van der Waals surface area (Å²) in [6.45, 7) is 0.703. The van der Waals surface area contributed by atoms with Crippen molar-refractivity contribution in [1.29, 1.82) is 5.26 Å². The quantitative estimate of drug-likeness (QED) is 0.489. The van der Waals surface area contributed by atoms with Gasteiger partial charge in [-0.1, -0.05) is 0 Å². The van der Waals surface area contributed by atoms with Gasteiger partial charge in [-0.05, 0) is 12.8 Å². The molecule has 0 spiro atoms. The minimum absolute atomic E-state index is 0.0479. The van der Waals surface area contributed by atoms with Crippen LogP contribution in [0.25, 0.3) is 10.9 Å². The number of fused-ring (bicyclic) bond motifs is 3. The van der Waals surface area contributed by atoms with Gasteiger partial charge in [-0.2, -0.15) is 26.9 Å². The lowest BCUT2D eigenvalue weighted by atomic mass is 10.0. The van der Waals surface area contributed by atoms with Crippen molar-refractivity contribution >= 4 is 32.9 Å². The van der Waals surface area contributed by atoms with E-state index in [9.17, 15) is 31.5 Å². The second kappa shape index (κ2) is 8.67. The van der Waals surface area contributed by atoms with Gasteiger partial charge >= 0.3 is 21.7 Å². The molecule has 11 nitrogen and oxygen atoms in total. The number of ether oxygens (including phenoxy) is 1. The van der Waals surface area contributed by atoms with E-state index in [0.717, 1.165) is 12.4 Å². The Hall–Kier alpha value is -3.54. The fourth-order valence-corrected chi connectivity index (χ4v) is 4.55. The van der Waals surface area contributed by atoms with E-state index in [1.165, 1.54) is 4.90 Å². The van der Waals surface area contributed by atoms with Crippen molar-refractivity contribution < 1.29 is 40.4 Å². The Morgan fingerprint density at radius 1 is 1.35 bits per heavy atom. The summed E-state index contributed by atoms with van der Waals surface area (Å²) in [5.74, 6) is -0.0761. The van der Waals surface area contributed by atoms with Crippen LogP contribution in [0.2, 0.25) is 0 Å². The first-order valence-corrected chi connectivity index (χ1v) is 11.5. The Kier molecular flexibility index (Phi) is 6.02. The molecule has 1 N–H and O–H groups in total. The Bertz CT molecular complexity index is 1280. The number of hydrogen-bond donors (Lipinski definition) is 1. The first-order valence-electron chi connectivity index (χ1n) is 10.1. The van der Waals surface area contributed by atoms with Crippen LogP contribution in [0.1, 0.15) is 18.4 Å². The fraction of sp³-hybridized carbons (Fsp3) is 0.474. The number of anilines is 1. The monoisotopic (exact) mass is 501 g/mol. The average Bonchev–Trinajstić information content (AvgIpc) is 2.78. The largest absolute Gasteiger partial charge is 0.534 e. The molecule has 2 aliphatic heterocycles. The van der Waals surface area contributed by atoms with Crippen LogP contribution in [0.4, 0.5) is 23.8 Å². The maximum absolute atomic E-state index is 12.9. The molecule has 4 rings (SSSR count). The molecule has 0 radical (unpaired) electrons. The number of carboxylic acid groups (broad SMARTS) is 1. The highest BCUT2D eigenvalue weighted by Gasteiger charge is 2.49. The van der Waals surface area contributed by atoms with Gasteiger partial charge in [-0.15, -0.1) is 0 Å². The van der Waals surface area contributed by atoms with Gasteiger partial charge in [-0.3, -0.25) is 0 Å². The van der Waals surface area contributed by atoms with Gasteiger partial charge in [0, 0.05) is 31.3 Å². The third-order valence-corrected chi connectivity index (χ3v) is 6.54. The lowest BCUT2D eigenvalue weighted by Gasteiger charge is -2.40. The maximum Gasteiger partial charge on any atom is 0.534 e. The van der Waals surface area contributed by atoms with Crippen molar-refractivity contribution in [1.82, 2.24) is 14.9 Å². The summed E-state index contributed by atoms with van der Waals surface area (Å²) >= 11 is 0. The van der Waals surface area contributed by atoms with Crippen molar-refractivity contribution in [2.24, 2.45) is 0 Å². The zero-order chi connectivity index (χ0) is 24.7. The molecule has 182 valence electrons. The zero-order valence-electron chi connectivity index (χ0n) is 17.4. The molecule has 1 amide bonds. The molecule has 1 aromatic heterocycles. The molecule has 3 heterocycles. The molecule has 0 aliphatic carbocycles. The highest BCUT2D eigenvalue weighted by Crippen LogP contribution is 2.44. The number of amides is 1. The molecule has 1 atom stereocenters. The average molecular weight is 501 g/mol. The van der Waals surface area contributed by atoms with Crippen LogP contribution < -0.4 is 13.8 Å². The molecule has 2 aromatic rings. The minimum Gasteiger partial charge on any atom is -0.492 e. The first-order chi connectivity index (χ1) is 16.0. The molecule has 1 saturated heterocycles. The summed E-state index contributed by atoms with van der Waals surface area (Å²) in [5.41, 5.74) is -5.38. The number of nitrogens with zero attached hydrogens (tertiary/aromatic N) is 5. The number of rotatable bonds is 4. The molecule has 34 heavy (non-hydrogen) atoms. The fourth-order valence-electron chi connectivity index (χ4n) is 4.07. The van der Waals surface area contributed by atoms with Gasteiger partial charge in [0.1, 0.15) is 17.9 Å². The predicted octanol–water partition coefficient (Wildman–Crippen LogP) is 2.27. The van der Waals surface area contributed by atoms with Crippen molar-refractivity contribution in [3.05, 3.63) is 18.0 Å². The second-order valence-electron chi connectivity index (χ2n) is 7.65. The molecule has 0 bridgehead atoms. The van der Waals surface area contributed by atoms with Gasteiger partial charge in [0.15, 0.2) is 5.75 Å². The zero-order valence-corrected chi connectivity index (χ0v) is 18.3.